The fraction of sp³-hybridized carbons (Fsp3) is 0.529. The normalized spacial score (nSPS) is 17.6. The third-order valence-electron chi connectivity index (χ3n) is 4.24. The van der Waals surface area contributed by atoms with Gasteiger partial charge < -0.3 is 0 Å². The van der Waals surface area contributed by atoms with Gasteiger partial charge in [0, 0.05) is 23.5 Å². The number of halogens is 3. The second kappa shape index (κ2) is 6.67. The second-order valence-corrected chi connectivity index (χ2v) is 7.71. The number of thioether (sulfide) groups is 1. The second-order valence-electron chi connectivity index (χ2n) is 6.66. The molecule has 1 fully saturated rings. The first-order valence-electron chi connectivity index (χ1n) is 7.41. The smallest absolute Gasteiger partial charge is 0.299 e. The molecule has 1 saturated carbocycles. The van der Waals surface area contributed by atoms with Crippen molar-refractivity contribution in [2.75, 3.05) is 5.75 Å². The number of benzene rings is 1. The zero-order valence-corrected chi connectivity index (χ0v) is 13.9. The van der Waals surface area contributed by atoms with Gasteiger partial charge in [-0.2, -0.15) is 13.2 Å². The minimum absolute atomic E-state index is 0.00167. The molecular weight excluding hydrogens is 325 g/mol. The molecule has 1 aliphatic rings. The van der Waals surface area contributed by atoms with E-state index >= 15 is 0 Å². The monoisotopic (exact) mass is 344 g/mol. The Labute approximate surface area is 137 Å². The van der Waals surface area contributed by atoms with Gasteiger partial charge >= 0.3 is 6.18 Å². The Kier molecular flexibility index (Phi) is 5.23. The molecule has 1 aromatic carbocycles. The van der Waals surface area contributed by atoms with Gasteiger partial charge in [-0.3, -0.25) is 9.59 Å². The highest BCUT2D eigenvalue weighted by Crippen LogP contribution is 2.40. The Hall–Kier alpha value is -1.30. The van der Waals surface area contributed by atoms with Crippen LogP contribution >= 0.6 is 11.8 Å². The molecule has 2 nitrogen and oxygen atoms in total. The summed E-state index contributed by atoms with van der Waals surface area (Å²) in [6, 6.07) is 5.06. The predicted octanol–water partition coefficient (Wildman–Crippen LogP) is 4.76. The average molecular weight is 344 g/mol. The highest BCUT2D eigenvalue weighted by Gasteiger charge is 2.36. The number of hydrogen-bond acceptors (Lipinski definition) is 3. The summed E-state index contributed by atoms with van der Waals surface area (Å²) in [5, 5.41) is 0. The fourth-order valence-electron chi connectivity index (χ4n) is 2.67. The third-order valence-corrected chi connectivity index (χ3v) is 5.73. The first-order valence-corrected chi connectivity index (χ1v) is 8.40. The zero-order valence-electron chi connectivity index (χ0n) is 13.1. The van der Waals surface area contributed by atoms with Crippen LogP contribution in [0.15, 0.2) is 29.2 Å². The molecule has 0 heterocycles. The molecule has 23 heavy (non-hydrogen) atoms. The lowest BCUT2D eigenvalue weighted by Gasteiger charge is -2.35. The first kappa shape index (κ1) is 18.0. The number of rotatable bonds is 4. The van der Waals surface area contributed by atoms with Crippen molar-refractivity contribution in [3.05, 3.63) is 29.8 Å². The van der Waals surface area contributed by atoms with Crippen LogP contribution in [-0.2, 0) is 15.8 Å². The van der Waals surface area contributed by atoms with Gasteiger partial charge in [-0.1, -0.05) is 13.8 Å². The van der Waals surface area contributed by atoms with E-state index in [1.54, 1.807) is 0 Å². The highest BCUT2D eigenvalue weighted by atomic mass is 32.2. The van der Waals surface area contributed by atoms with Crippen molar-refractivity contribution in [3.63, 3.8) is 0 Å². The maximum absolute atomic E-state index is 12.5. The number of ketones is 2. The summed E-state index contributed by atoms with van der Waals surface area (Å²) in [6.45, 7) is 4.00. The van der Waals surface area contributed by atoms with Crippen molar-refractivity contribution in [1.82, 2.24) is 0 Å². The van der Waals surface area contributed by atoms with Crippen LogP contribution in [0.2, 0.25) is 0 Å². The molecule has 0 aromatic heterocycles. The molecule has 1 aliphatic carbocycles. The van der Waals surface area contributed by atoms with Gasteiger partial charge in [0.25, 0.3) is 0 Å². The molecule has 0 atom stereocenters. The van der Waals surface area contributed by atoms with Crippen molar-refractivity contribution >= 4 is 23.3 Å². The van der Waals surface area contributed by atoms with Gasteiger partial charge in [-0.15, -0.1) is 11.8 Å². The average Bonchev–Trinajstić information content (AvgIpc) is 2.44. The Balaban J connectivity index is 1.98. The number of carbonyl (C=O) groups is 2. The lowest BCUT2D eigenvalue weighted by Crippen LogP contribution is -2.34. The van der Waals surface area contributed by atoms with Crippen molar-refractivity contribution in [3.8, 4) is 0 Å². The van der Waals surface area contributed by atoms with E-state index in [9.17, 15) is 22.8 Å². The quantitative estimate of drug-likeness (QED) is 0.583. The molecule has 0 saturated heterocycles. The minimum atomic E-state index is -4.33. The highest BCUT2D eigenvalue weighted by molar-refractivity contribution is 7.99. The van der Waals surface area contributed by atoms with E-state index in [4.69, 9.17) is 0 Å². The Bertz CT molecular complexity index is 575. The van der Waals surface area contributed by atoms with E-state index in [1.807, 2.05) is 13.8 Å². The molecule has 1 aromatic rings. The molecule has 6 heteroatoms. The molecule has 0 unspecified atom stereocenters. The topological polar surface area (TPSA) is 34.1 Å². The van der Waals surface area contributed by atoms with Crippen LogP contribution in [0.25, 0.3) is 0 Å². The van der Waals surface area contributed by atoms with Gasteiger partial charge in [-0.05, 0) is 35.6 Å². The van der Waals surface area contributed by atoms with Crippen LogP contribution in [0.4, 0.5) is 13.2 Å². The van der Waals surface area contributed by atoms with Crippen LogP contribution in [0.1, 0.15) is 38.7 Å². The molecule has 2 rings (SSSR count). The number of Topliss-reactive ketones (excluding diaryl/α,β-unsaturated/α-hetero) is 2. The number of alkyl halides is 3. The summed E-state index contributed by atoms with van der Waals surface area (Å²) < 4.78 is 37.6. The first-order chi connectivity index (χ1) is 10.6. The van der Waals surface area contributed by atoms with Crippen LogP contribution < -0.4 is 0 Å². The van der Waals surface area contributed by atoms with Crippen LogP contribution in [0.3, 0.4) is 0 Å². The van der Waals surface area contributed by atoms with Gasteiger partial charge in [0.1, 0.15) is 11.6 Å². The van der Waals surface area contributed by atoms with Gasteiger partial charge in [0.05, 0.1) is 12.0 Å². The van der Waals surface area contributed by atoms with Gasteiger partial charge in [-0.25, -0.2) is 0 Å². The molecule has 0 spiro atoms. The number of carbonyl (C=O) groups excluding carboxylic acids is 2. The van der Waals surface area contributed by atoms with Gasteiger partial charge in [0.2, 0.25) is 0 Å². The van der Waals surface area contributed by atoms with Crippen molar-refractivity contribution < 1.29 is 22.8 Å². The van der Waals surface area contributed by atoms with E-state index in [2.05, 4.69) is 0 Å². The fourth-order valence-corrected chi connectivity index (χ4v) is 3.77. The molecule has 0 aliphatic heterocycles. The molecule has 0 radical (unpaired) electrons. The number of hydrogen-bond donors (Lipinski definition) is 0. The molecule has 0 N–H and O–H groups in total. The minimum Gasteiger partial charge on any atom is -0.299 e. The standard InChI is InChI=1S/C17H19F3O2S/c1-16(2,12-7-13(21)9-14(22)8-12)10-23-15-5-3-11(4-6-15)17(18,19)20/h3-6,12H,7-10H2,1-2H3. The molecule has 126 valence electrons. The largest absolute Gasteiger partial charge is 0.416 e. The predicted molar refractivity (Wildman–Crippen MR) is 83.3 cm³/mol. The van der Waals surface area contributed by atoms with E-state index in [-0.39, 0.29) is 29.3 Å². The van der Waals surface area contributed by atoms with Crippen LogP contribution in [0.5, 0.6) is 0 Å². The van der Waals surface area contributed by atoms with Crippen molar-refractivity contribution in [2.24, 2.45) is 11.3 Å². The van der Waals surface area contributed by atoms with E-state index < -0.39 is 11.7 Å². The Morgan fingerprint density at radius 3 is 2.04 bits per heavy atom. The van der Waals surface area contributed by atoms with Crippen LogP contribution in [-0.4, -0.2) is 17.3 Å². The summed E-state index contributed by atoms with van der Waals surface area (Å²) in [5.74, 6) is 0.611. The summed E-state index contributed by atoms with van der Waals surface area (Å²) in [4.78, 5) is 24.0. The Morgan fingerprint density at radius 2 is 1.57 bits per heavy atom. The zero-order chi connectivity index (χ0) is 17.3. The molecule has 0 bridgehead atoms. The summed E-state index contributed by atoms with van der Waals surface area (Å²) in [7, 11) is 0. The molecular formula is C17H19F3O2S. The van der Waals surface area contributed by atoms with Gasteiger partial charge in [0.15, 0.2) is 0 Å². The maximum atomic E-state index is 12.5. The maximum Gasteiger partial charge on any atom is 0.416 e. The Morgan fingerprint density at radius 1 is 1.04 bits per heavy atom. The van der Waals surface area contributed by atoms with Crippen LogP contribution in [0, 0.1) is 11.3 Å². The lowest BCUT2D eigenvalue weighted by atomic mass is 9.71. The SMILES string of the molecule is CC(C)(CSc1ccc(C(F)(F)F)cc1)C1CC(=O)CC(=O)C1. The third kappa shape index (κ3) is 4.83. The van der Waals surface area contributed by atoms with Crippen molar-refractivity contribution in [1.29, 1.82) is 0 Å². The lowest BCUT2D eigenvalue weighted by molar-refractivity contribution is -0.137. The summed E-state index contributed by atoms with van der Waals surface area (Å²) in [6.07, 6.45) is -3.47. The molecule has 0 amide bonds. The summed E-state index contributed by atoms with van der Waals surface area (Å²) >= 11 is 1.45. The van der Waals surface area contributed by atoms with E-state index in [0.717, 1.165) is 17.0 Å². The van der Waals surface area contributed by atoms with Crippen molar-refractivity contribution in [2.45, 2.75) is 44.2 Å². The van der Waals surface area contributed by atoms with E-state index in [0.29, 0.717) is 18.6 Å². The van der Waals surface area contributed by atoms with E-state index in [1.165, 1.54) is 23.9 Å². The summed E-state index contributed by atoms with van der Waals surface area (Å²) in [5.41, 5.74) is -0.899.